The number of ether oxygens (including phenoxy) is 1. The molecule has 16 heavy (non-hydrogen) atoms. The first-order valence-electron chi connectivity index (χ1n) is 4.94. The quantitative estimate of drug-likeness (QED) is 0.581. The van der Waals surface area contributed by atoms with Crippen molar-refractivity contribution in [2.75, 3.05) is 11.9 Å². The number of fused-ring (bicyclic) bond motifs is 1. The van der Waals surface area contributed by atoms with Crippen LogP contribution in [0.25, 0.3) is 0 Å². The standard InChI is InChI=1S/C10H12N2O4/c1-6-10(5-13)16-9-3-2-7(12(14)15)4-8(9)11-6/h2-4,6,10-11,13H,5H2,1H3/t6-,10+/m1/s1. The van der Waals surface area contributed by atoms with Crippen molar-refractivity contribution >= 4 is 11.4 Å². The van der Waals surface area contributed by atoms with Crippen molar-refractivity contribution in [3.05, 3.63) is 28.3 Å². The Kier molecular flexibility index (Phi) is 2.66. The summed E-state index contributed by atoms with van der Waals surface area (Å²) in [5.41, 5.74) is 0.607. The zero-order valence-corrected chi connectivity index (χ0v) is 8.71. The Balaban J connectivity index is 2.32. The molecule has 0 amide bonds. The van der Waals surface area contributed by atoms with E-state index in [4.69, 9.17) is 9.84 Å². The van der Waals surface area contributed by atoms with Crippen LogP contribution in [0.5, 0.6) is 5.75 Å². The van der Waals surface area contributed by atoms with Gasteiger partial charge in [-0.3, -0.25) is 10.1 Å². The molecule has 1 aromatic rings. The summed E-state index contributed by atoms with van der Waals surface area (Å²) in [6.07, 6.45) is -0.325. The fraction of sp³-hybridized carbons (Fsp3) is 0.400. The smallest absolute Gasteiger partial charge is 0.271 e. The van der Waals surface area contributed by atoms with Crippen molar-refractivity contribution in [1.29, 1.82) is 0 Å². The number of aliphatic hydroxyl groups is 1. The molecule has 1 aliphatic rings. The molecule has 0 aliphatic carbocycles. The van der Waals surface area contributed by atoms with E-state index < -0.39 is 4.92 Å². The molecular weight excluding hydrogens is 212 g/mol. The average Bonchev–Trinajstić information content (AvgIpc) is 2.27. The van der Waals surface area contributed by atoms with Gasteiger partial charge in [0.1, 0.15) is 11.9 Å². The fourth-order valence-corrected chi connectivity index (χ4v) is 1.65. The van der Waals surface area contributed by atoms with E-state index in [1.807, 2.05) is 6.92 Å². The maximum Gasteiger partial charge on any atom is 0.271 e. The Bertz CT molecular complexity index is 421. The topological polar surface area (TPSA) is 84.6 Å². The van der Waals surface area contributed by atoms with Gasteiger partial charge in [0.15, 0.2) is 0 Å². The maximum absolute atomic E-state index is 10.6. The predicted molar refractivity (Wildman–Crippen MR) is 57.7 cm³/mol. The number of benzene rings is 1. The summed E-state index contributed by atoms with van der Waals surface area (Å²) in [5, 5.41) is 22.7. The van der Waals surface area contributed by atoms with E-state index >= 15 is 0 Å². The molecule has 0 fully saturated rings. The second kappa shape index (κ2) is 3.97. The zero-order chi connectivity index (χ0) is 11.7. The highest BCUT2D eigenvalue weighted by atomic mass is 16.6. The highest BCUT2D eigenvalue weighted by Crippen LogP contribution is 2.34. The van der Waals surface area contributed by atoms with Gasteiger partial charge >= 0.3 is 0 Å². The van der Waals surface area contributed by atoms with Crippen LogP contribution in [-0.4, -0.2) is 28.8 Å². The molecule has 0 spiro atoms. The number of nitro groups is 1. The summed E-state index contributed by atoms with van der Waals surface area (Å²) in [5.74, 6) is 0.530. The summed E-state index contributed by atoms with van der Waals surface area (Å²) >= 11 is 0. The Morgan fingerprint density at radius 2 is 2.38 bits per heavy atom. The first kappa shape index (κ1) is 10.7. The van der Waals surface area contributed by atoms with Gasteiger partial charge in [-0.15, -0.1) is 0 Å². The zero-order valence-electron chi connectivity index (χ0n) is 8.71. The molecule has 0 radical (unpaired) electrons. The number of hydrogen-bond donors (Lipinski definition) is 2. The molecule has 2 rings (SSSR count). The molecule has 0 unspecified atom stereocenters. The van der Waals surface area contributed by atoms with Crippen LogP contribution >= 0.6 is 0 Å². The van der Waals surface area contributed by atoms with Gasteiger partial charge < -0.3 is 15.2 Å². The number of non-ortho nitro benzene ring substituents is 1. The minimum atomic E-state index is -0.454. The minimum Gasteiger partial charge on any atom is -0.484 e. The largest absolute Gasteiger partial charge is 0.484 e. The molecule has 2 atom stereocenters. The lowest BCUT2D eigenvalue weighted by Gasteiger charge is -2.31. The summed E-state index contributed by atoms with van der Waals surface area (Å²) in [6, 6.07) is 4.26. The van der Waals surface area contributed by atoms with Crippen molar-refractivity contribution in [2.45, 2.75) is 19.1 Å². The van der Waals surface area contributed by atoms with E-state index in [0.29, 0.717) is 11.4 Å². The average molecular weight is 224 g/mol. The lowest BCUT2D eigenvalue weighted by molar-refractivity contribution is -0.384. The molecule has 2 N–H and O–H groups in total. The summed E-state index contributed by atoms with van der Waals surface area (Å²) in [7, 11) is 0. The lowest BCUT2D eigenvalue weighted by Crippen LogP contribution is -2.41. The van der Waals surface area contributed by atoms with Crippen LogP contribution in [0.2, 0.25) is 0 Å². The molecule has 0 saturated heterocycles. The summed E-state index contributed by atoms with van der Waals surface area (Å²) in [6.45, 7) is 1.76. The van der Waals surface area contributed by atoms with Crippen molar-refractivity contribution in [3.8, 4) is 5.75 Å². The molecule has 1 heterocycles. The van der Waals surface area contributed by atoms with Gasteiger partial charge in [0.2, 0.25) is 0 Å². The van der Waals surface area contributed by atoms with E-state index in [9.17, 15) is 10.1 Å². The Labute approximate surface area is 92.0 Å². The van der Waals surface area contributed by atoms with Gasteiger partial charge in [-0.2, -0.15) is 0 Å². The van der Waals surface area contributed by atoms with Crippen molar-refractivity contribution < 1.29 is 14.8 Å². The molecule has 6 heteroatoms. The van der Waals surface area contributed by atoms with E-state index in [1.165, 1.54) is 18.2 Å². The summed E-state index contributed by atoms with van der Waals surface area (Å²) in [4.78, 5) is 10.1. The van der Waals surface area contributed by atoms with Crippen LogP contribution < -0.4 is 10.1 Å². The normalized spacial score (nSPS) is 22.9. The van der Waals surface area contributed by atoms with Gasteiger partial charge in [-0.05, 0) is 13.0 Å². The third-order valence-corrected chi connectivity index (χ3v) is 2.57. The van der Waals surface area contributed by atoms with Gasteiger partial charge in [-0.1, -0.05) is 0 Å². The third-order valence-electron chi connectivity index (χ3n) is 2.57. The number of hydrogen-bond acceptors (Lipinski definition) is 5. The van der Waals surface area contributed by atoms with E-state index in [2.05, 4.69) is 5.32 Å². The fourth-order valence-electron chi connectivity index (χ4n) is 1.65. The second-order valence-corrected chi connectivity index (χ2v) is 3.71. The van der Waals surface area contributed by atoms with E-state index in [-0.39, 0.29) is 24.4 Å². The monoisotopic (exact) mass is 224 g/mol. The van der Waals surface area contributed by atoms with Crippen LogP contribution in [-0.2, 0) is 0 Å². The van der Waals surface area contributed by atoms with Crippen molar-refractivity contribution in [3.63, 3.8) is 0 Å². The number of nitro benzene ring substituents is 1. The van der Waals surface area contributed by atoms with E-state index in [0.717, 1.165) is 0 Å². The highest BCUT2D eigenvalue weighted by Gasteiger charge is 2.26. The van der Waals surface area contributed by atoms with Crippen molar-refractivity contribution in [1.82, 2.24) is 0 Å². The highest BCUT2D eigenvalue weighted by molar-refractivity contribution is 5.63. The molecule has 86 valence electrons. The lowest BCUT2D eigenvalue weighted by atomic mass is 10.1. The molecule has 0 saturated carbocycles. The van der Waals surface area contributed by atoms with Crippen LogP contribution in [0.1, 0.15) is 6.92 Å². The minimum absolute atomic E-state index is 0.0181. The summed E-state index contributed by atoms with van der Waals surface area (Å²) < 4.78 is 5.49. The number of aliphatic hydroxyl groups excluding tert-OH is 1. The number of nitrogens with one attached hydrogen (secondary N) is 1. The first-order chi connectivity index (χ1) is 7.61. The van der Waals surface area contributed by atoms with Gasteiger partial charge in [0, 0.05) is 12.1 Å². The number of rotatable bonds is 2. The number of anilines is 1. The molecule has 6 nitrogen and oxygen atoms in total. The number of nitrogens with zero attached hydrogens (tertiary/aromatic N) is 1. The van der Waals surface area contributed by atoms with Crippen molar-refractivity contribution in [2.24, 2.45) is 0 Å². The molecule has 1 aliphatic heterocycles. The Morgan fingerprint density at radius 1 is 1.62 bits per heavy atom. The SMILES string of the molecule is C[C@H]1Nc2cc([N+](=O)[O-])ccc2O[C@H]1CO. The Hall–Kier alpha value is -1.82. The second-order valence-electron chi connectivity index (χ2n) is 3.71. The van der Waals surface area contributed by atoms with Crippen LogP contribution in [0.15, 0.2) is 18.2 Å². The van der Waals surface area contributed by atoms with E-state index in [1.54, 1.807) is 0 Å². The van der Waals surface area contributed by atoms with Gasteiger partial charge in [0.25, 0.3) is 5.69 Å². The van der Waals surface area contributed by atoms with Crippen LogP contribution in [0, 0.1) is 10.1 Å². The Morgan fingerprint density at radius 3 is 3.00 bits per heavy atom. The molecule has 0 bridgehead atoms. The molecular formula is C10H12N2O4. The molecule has 0 aromatic heterocycles. The van der Waals surface area contributed by atoms with Gasteiger partial charge in [0.05, 0.1) is 23.3 Å². The van der Waals surface area contributed by atoms with Crippen LogP contribution in [0.4, 0.5) is 11.4 Å². The van der Waals surface area contributed by atoms with Gasteiger partial charge in [-0.25, -0.2) is 0 Å². The molecule has 1 aromatic carbocycles. The van der Waals surface area contributed by atoms with Crippen LogP contribution in [0.3, 0.4) is 0 Å². The maximum atomic E-state index is 10.6. The predicted octanol–water partition coefficient (Wildman–Crippen LogP) is 1.15. The third kappa shape index (κ3) is 1.79. The first-order valence-corrected chi connectivity index (χ1v) is 4.94.